The van der Waals surface area contributed by atoms with Gasteiger partial charge >= 0.3 is 0 Å². The van der Waals surface area contributed by atoms with Crippen molar-refractivity contribution in [3.8, 4) is 5.75 Å². The molecule has 26 heavy (non-hydrogen) atoms. The minimum absolute atomic E-state index is 0.154. The summed E-state index contributed by atoms with van der Waals surface area (Å²) in [5.74, 6) is -5.39. The molecule has 134 valence electrons. The lowest BCUT2D eigenvalue weighted by Crippen LogP contribution is -2.38. The van der Waals surface area contributed by atoms with Crippen LogP contribution >= 0.6 is 0 Å². The normalized spacial score (nSPS) is 15.3. The van der Waals surface area contributed by atoms with Gasteiger partial charge in [-0.2, -0.15) is 4.39 Å². The summed E-state index contributed by atoms with van der Waals surface area (Å²) < 4.78 is 67.4. The van der Waals surface area contributed by atoms with Gasteiger partial charge in [-0.05, 0) is 24.3 Å². The van der Waals surface area contributed by atoms with Crippen LogP contribution in [0, 0.1) is 17.5 Å². The Balaban J connectivity index is 1.81. The molecular formula is C15H9F3N4O3S. The van der Waals surface area contributed by atoms with Gasteiger partial charge in [-0.1, -0.05) is 0 Å². The number of rotatable bonds is 1. The summed E-state index contributed by atoms with van der Waals surface area (Å²) in [5.41, 5.74) is -0.239. The molecule has 0 saturated carbocycles. The first-order valence-electron chi connectivity index (χ1n) is 7.12. The predicted molar refractivity (Wildman–Crippen MR) is 87.3 cm³/mol. The largest absolute Gasteiger partial charge is 0.503 e. The van der Waals surface area contributed by atoms with Gasteiger partial charge in [0, 0.05) is 17.3 Å². The van der Waals surface area contributed by atoms with Crippen molar-refractivity contribution in [2.45, 2.75) is 4.90 Å². The first-order valence-corrected chi connectivity index (χ1v) is 8.61. The van der Waals surface area contributed by atoms with E-state index in [0.29, 0.717) is 11.5 Å². The van der Waals surface area contributed by atoms with Crippen LogP contribution < -0.4 is 10.0 Å². The number of nitrogens with zero attached hydrogens (tertiary/aromatic N) is 1. The molecule has 0 aliphatic carbocycles. The van der Waals surface area contributed by atoms with Crippen molar-refractivity contribution < 1.29 is 26.7 Å². The summed E-state index contributed by atoms with van der Waals surface area (Å²) in [7, 11) is -4.32. The van der Waals surface area contributed by atoms with Crippen LogP contribution in [0.1, 0.15) is 0 Å². The lowest BCUT2D eigenvalue weighted by Gasteiger charge is -2.20. The average molecular weight is 382 g/mol. The number of hydrogen-bond acceptors (Lipinski definition) is 5. The number of nitrogens with one attached hydrogen (secondary N) is 3. The highest BCUT2D eigenvalue weighted by Gasteiger charge is 2.31. The van der Waals surface area contributed by atoms with Gasteiger partial charge in [-0.3, -0.25) is 0 Å². The second kappa shape index (κ2) is 5.39. The van der Waals surface area contributed by atoms with E-state index in [1.54, 1.807) is 6.07 Å². The van der Waals surface area contributed by atoms with E-state index in [1.807, 2.05) is 4.72 Å². The predicted octanol–water partition coefficient (Wildman–Crippen LogP) is 2.68. The number of H-pyrrole nitrogens is 1. The fraction of sp³-hybridized carbons (Fsp3) is 0. The molecule has 0 spiro atoms. The number of phenolic OH excluding ortho intramolecular Hbond substituents is 1. The number of aliphatic imine (C=N–C) groups is 1. The maximum Gasteiger partial charge on any atom is 0.266 e. The first-order chi connectivity index (χ1) is 12.3. The summed E-state index contributed by atoms with van der Waals surface area (Å²) in [4.78, 5) is 5.76. The number of halogens is 3. The molecular weight excluding hydrogens is 373 g/mol. The van der Waals surface area contributed by atoms with Gasteiger partial charge in [0.05, 0.1) is 5.52 Å². The van der Waals surface area contributed by atoms with Gasteiger partial charge < -0.3 is 15.4 Å². The van der Waals surface area contributed by atoms with Crippen LogP contribution in [0.25, 0.3) is 10.9 Å². The molecule has 2 aromatic carbocycles. The smallest absolute Gasteiger partial charge is 0.266 e. The lowest BCUT2D eigenvalue weighted by molar-refractivity contribution is 0.405. The molecule has 1 aromatic heterocycles. The zero-order chi connectivity index (χ0) is 18.6. The molecule has 7 nitrogen and oxygen atoms in total. The Kier molecular flexibility index (Phi) is 3.37. The van der Waals surface area contributed by atoms with Gasteiger partial charge in [0.2, 0.25) is 11.8 Å². The van der Waals surface area contributed by atoms with E-state index in [0.717, 1.165) is 6.07 Å². The highest BCUT2D eigenvalue weighted by Crippen LogP contribution is 2.39. The number of aromatic hydroxyl groups is 1. The molecule has 3 aromatic rings. The molecule has 1 aliphatic heterocycles. The zero-order valence-electron chi connectivity index (χ0n) is 12.6. The van der Waals surface area contributed by atoms with Crippen molar-refractivity contribution in [1.82, 2.24) is 9.71 Å². The van der Waals surface area contributed by atoms with E-state index in [1.165, 1.54) is 12.3 Å². The Labute approximate surface area is 144 Å². The molecule has 0 radical (unpaired) electrons. The molecule has 2 heterocycles. The molecule has 4 rings (SSSR count). The molecule has 11 heteroatoms. The van der Waals surface area contributed by atoms with Crippen LogP contribution in [0.15, 0.2) is 40.4 Å². The van der Waals surface area contributed by atoms with Gasteiger partial charge in [0.25, 0.3) is 10.0 Å². The molecule has 0 saturated heterocycles. The van der Waals surface area contributed by atoms with E-state index in [2.05, 4.69) is 15.3 Å². The standard InChI is InChI=1S/C15H9F3N4O3S/c16-8-5-10-13(14(23)11(8)18)21-15(22-26(10,24)25)20-7-3-6-1-2-19-12(6)9(17)4-7/h1-5,19,23H,(H2,20,21,22). The number of benzene rings is 2. The average Bonchev–Trinajstić information content (AvgIpc) is 3.03. The fourth-order valence-electron chi connectivity index (χ4n) is 2.60. The molecule has 4 N–H and O–H groups in total. The highest BCUT2D eigenvalue weighted by molar-refractivity contribution is 7.90. The number of aromatic nitrogens is 1. The SMILES string of the molecule is O=S1(=O)NC(Nc2cc(F)c3[nH]ccc3c2)=Nc2c1cc(F)c(F)c2O. The highest BCUT2D eigenvalue weighted by atomic mass is 32.2. The van der Waals surface area contributed by atoms with Crippen molar-refractivity contribution in [2.75, 3.05) is 5.32 Å². The maximum atomic E-state index is 14.0. The zero-order valence-corrected chi connectivity index (χ0v) is 13.5. The molecule has 0 fully saturated rings. The number of fused-ring (bicyclic) bond motifs is 2. The number of sulfonamides is 1. The number of aromatic amines is 1. The number of hydrogen-bond donors (Lipinski definition) is 4. The Morgan fingerprint density at radius 1 is 1.12 bits per heavy atom. The molecule has 0 amide bonds. The first kappa shape index (κ1) is 16.3. The summed E-state index contributed by atoms with van der Waals surface area (Å²) in [5, 5.41) is 12.7. The van der Waals surface area contributed by atoms with Crippen LogP contribution in [0.2, 0.25) is 0 Å². The van der Waals surface area contributed by atoms with E-state index in [4.69, 9.17) is 0 Å². The van der Waals surface area contributed by atoms with Crippen molar-refractivity contribution in [2.24, 2.45) is 4.99 Å². The number of phenols is 1. The van der Waals surface area contributed by atoms with Gasteiger partial charge in [-0.15, -0.1) is 0 Å². The van der Waals surface area contributed by atoms with Crippen LogP contribution in [-0.2, 0) is 10.0 Å². The van der Waals surface area contributed by atoms with E-state index < -0.39 is 49.8 Å². The molecule has 0 unspecified atom stereocenters. The van der Waals surface area contributed by atoms with E-state index in [-0.39, 0.29) is 11.2 Å². The van der Waals surface area contributed by atoms with Gasteiger partial charge in [0.15, 0.2) is 11.6 Å². The third-order valence-electron chi connectivity index (χ3n) is 3.75. The Bertz CT molecular complexity index is 1200. The molecule has 0 bridgehead atoms. The quantitative estimate of drug-likeness (QED) is 0.519. The third-order valence-corrected chi connectivity index (χ3v) is 5.10. The summed E-state index contributed by atoms with van der Waals surface area (Å²) in [6, 6.07) is 4.64. The molecule has 0 atom stereocenters. The van der Waals surface area contributed by atoms with Crippen molar-refractivity contribution in [3.05, 3.63) is 47.9 Å². The fourth-order valence-corrected chi connectivity index (χ4v) is 3.72. The minimum atomic E-state index is -4.32. The van der Waals surface area contributed by atoms with Gasteiger partial charge in [-0.25, -0.2) is 26.9 Å². The van der Waals surface area contributed by atoms with Crippen LogP contribution in [-0.4, -0.2) is 24.5 Å². The van der Waals surface area contributed by atoms with Crippen molar-refractivity contribution in [1.29, 1.82) is 0 Å². The third kappa shape index (κ3) is 2.44. The Morgan fingerprint density at radius 2 is 1.88 bits per heavy atom. The summed E-state index contributed by atoms with van der Waals surface area (Å²) in [6.07, 6.45) is 1.53. The van der Waals surface area contributed by atoms with Gasteiger partial charge in [0.1, 0.15) is 16.4 Å². The minimum Gasteiger partial charge on any atom is -0.503 e. The summed E-state index contributed by atoms with van der Waals surface area (Å²) >= 11 is 0. The second-order valence-corrected chi connectivity index (χ2v) is 7.11. The van der Waals surface area contributed by atoms with Crippen molar-refractivity contribution >= 4 is 38.3 Å². The van der Waals surface area contributed by atoms with E-state index >= 15 is 0 Å². The van der Waals surface area contributed by atoms with Crippen molar-refractivity contribution in [3.63, 3.8) is 0 Å². The monoisotopic (exact) mass is 382 g/mol. The topological polar surface area (TPSA) is 107 Å². The second-order valence-electron chi connectivity index (χ2n) is 5.46. The van der Waals surface area contributed by atoms with E-state index in [9.17, 15) is 26.7 Å². The molecule has 1 aliphatic rings. The summed E-state index contributed by atoms with van der Waals surface area (Å²) in [6.45, 7) is 0. The Hall–Kier alpha value is -3.21. The number of guanidine groups is 1. The van der Waals surface area contributed by atoms with Crippen LogP contribution in [0.5, 0.6) is 5.75 Å². The lowest BCUT2D eigenvalue weighted by atomic mass is 10.2. The maximum absolute atomic E-state index is 14.0. The number of anilines is 1. The van der Waals surface area contributed by atoms with Crippen LogP contribution in [0.3, 0.4) is 0 Å². The Morgan fingerprint density at radius 3 is 2.65 bits per heavy atom. The van der Waals surface area contributed by atoms with Crippen LogP contribution in [0.4, 0.5) is 24.5 Å².